The minimum absolute atomic E-state index is 0.0109. The predicted octanol–water partition coefficient (Wildman–Crippen LogP) is 7.03. The minimum atomic E-state index is -2.46. The predicted molar refractivity (Wildman–Crippen MR) is 271 cm³/mol. The number of benzene rings is 1. The smallest absolute Gasteiger partial charge is 0.329 e. The fourth-order valence-corrected chi connectivity index (χ4v) is 10.9. The average Bonchev–Trinajstić information content (AvgIpc) is 3.35. The van der Waals surface area contributed by atoms with Gasteiger partial charge in [0, 0.05) is 50.4 Å². The summed E-state index contributed by atoms with van der Waals surface area (Å²) in [6, 6.07) is 7.21. The number of allylic oxidation sites excluding steroid dienone is 5. The van der Waals surface area contributed by atoms with Crippen molar-refractivity contribution in [2.45, 2.75) is 186 Å². The Hall–Kier alpha value is -4.53. The number of Topliss-reactive ketones (excluding diaryl/α,β-unsaturated/α-hetero) is 2. The summed E-state index contributed by atoms with van der Waals surface area (Å²) in [5.41, 5.74) is 9.24. The van der Waals surface area contributed by atoms with Gasteiger partial charge in [0.2, 0.25) is 5.79 Å². The fraction of sp³-hybridized carbons (Fsp3) is 0.661. The molecular formula is C56H82N4O11. The number of hydrogen-bond donors (Lipinski definition) is 5. The Morgan fingerprint density at radius 3 is 2.41 bits per heavy atom. The van der Waals surface area contributed by atoms with Crippen molar-refractivity contribution in [2.75, 3.05) is 26.1 Å². The molecule has 3 fully saturated rings. The molecular weight excluding hydrogens is 905 g/mol. The third-order valence-electron chi connectivity index (χ3n) is 15.4. The Bertz CT molecular complexity index is 2130. The third kappa shape index (κ3) is 15.5. The second-order valence-corrected chi connectivity index (χ2v) is 21.0. The quantitative estimate of drug-likeness (QED) is 0.105. The van der Waals surface area contributed by atoms with E-state index in [-0.39, 0.29) is 48.6 Å². The standard InChI is InChI=1S/C56H82N4O11/c1-34-15-10-9-11-16-35(2)45(59-43-18-14-17-41(30-43)33-57)32-44-23-20-39(6)56(67,71-44)53(64)54(65)60-26-13-12-19-46(60)55(66)70-48(36(3)28-40-21-24-47(61)49(31-40)68-7)25-22-42(58)29-38(5)51(63)52(69-8)50(62)37(4)27-34/h9-11,14-18,29-30,34,36-37,39-40,42,44-49,51-52,59,61,63,67H,12-13,19-28,31-32,58H2,1-8H3/b11-9+,15-10+,35-16+,38-29+/t34-,36-,37-,39?,40?,42+,44+,45?,46+,47-,48+,49-,51-,52+,56-/m1/s1. The number of fused-ring (bicyclic) bond motifs is 3. The molecule has 15 nitrogen and oxygen atoms in total. The van der Waals surface area contributed by atoms with Gasteiger partial charge in [0.25, 0.3) is 11.7 Å². The molecule has 15 atom stereocenters. The van der Waals surface area contributed by atoms with Gasteiger partial charge in [-0.15, -0.1) is 0 Å². The highest BCUT2D eigenvalue weighted by atomic mass is 16.6. The summed E-state index contributed by atoms with van der Waals surface area (Å²) in [6.07, 6.45) is 13.4. The Morgan fingerprint density at radius 2 is 1.69 bits per heavy atom. The van der Waals surface area contributed by atoms with E-state index in [4.69, 9.17) is 24.7 Å². The van der Waals surface area contributed by atoms with Crippen molar-refractivity contribution in [2.24, 2.45) is 35.3 Å². The van der Waals surface area contributed by atoms with Gasteiger partial charge in [0.15, 0.2) is 5.78 Å². The summed E-state index contributed by atoms with van der Waals surface area (Å²) in [4.78, 5) is 58.4. The topological polar surface area (TPSA) is 231 Å². The van der Waals surface area contributed by atoms with E-state index in [1.54, 1.807) is 45.2 Å². The van der Waals surface area contributed by atoms with Gasteiger partial charge in [-0.1, -0.05) is 75.8 Å². The number of aliphatic hydroxyl groups is 3. The zero-order chi connectivity index (χ0) is 52.0. The first-order chi connectivity index (χ1) is 33.8. The van der Waals surface area contributed by atoms with Crippen LogP contribution in [-0.4, -0.2) is 125 Å². The number of nitrogens with zero attached hydrogens (tertiary/aromatic N) is 2. The molecule has 2 bridgehead atoms. The van der Waals surface area contributed by atoms with Crippen LogP contribution in [0.25, 0.3) is 0 Å². The van der Waals surface area contributed by atoms with Crippen LogP contribution in [-0.2, 0) is 38.1 Å². The number of nitrogens with two attached hydrogens (primary N) is 1. The molecule has 1 amide bonds. The molecule has 3 unspecified atom stereocenters. The average molecular weight is 987 g/mol. The van der Waals surface area contributed by atoms with E-state index < -0.39 is 77.9 Å². The maximum absolute atomic E-state index is 14.5. The molecule has 5 rings (SSSR count). The number of piperidine rings is 1. The lowest BCUT2D eigenvalue weighted by atomic mass is 9.78. The number of amides is 1. The number of carbonyl (C=O) groups excluding carboxylic acids is 4. The van der Waals surface area contributed by atoms with Crippen LogP contribution in [0.1, 0.15) is 131 Å². The van der Waals surface area contributed by atoms with Gasteiger partial charge in [-0.3, -0.25) is 14.4 Å². The zero-order valence-corrected chi connectivity index (χ0v) is 43.3. The van der Waals surface area contributed by atoms with E-state index in [1.165, 1.54) is 12.0 Å². The van der Waals surface area contributed by atoms with Crippen LogP contribution >= 0.6 is 0 Å². The van der Waals surface area contributed by atoms with E-state index in [9.17, 15) is 39.8 Å². The van der Waals surface area contributed by atoms with Crippen LogP contribution in [0.4, 0.5) is 5.69 Å². The highest BCUT2D eigenvalue weighted by Gasteiger charge is 2.53. The molecule has 0 aromatic heterocycles. The largest absolute Gasteiger partial charge is 0.461 e. The molecule has 6 N–H and O–H groups in total. The number of methoxy groups -OCH3 is 2. The van der Waals surface area contributed by atoms with Crippen molar-refractivity contribution < 1.29 is 53.4 Å². The van der Waals surface area contributed by atoms with Gasteiger partial charge in [-0.05, 0) is 139 Å². The molecule has 1 aromatic carbocycles. The highest BCUT2D eigenvalue weighted by Crippen LogP contribution is 2.38. The summed E-state index contributed by atoms with van der Waals surface area (Å²) in [5.74, 6) is -6.59. The third-order valence-corrected chi connectivity index (χ3v) is 15.4. The van der Waals surface area contributed by atoms with Gasteiger partial charge in [-0.2, -0.15) is 5.26 Å². The van der Waals surface area contributed by atoms with Gasteiger partial charge < -0.3 is 50.2 Å². The zero-order valence-electron chi connectivity index (χ0n) is 43.3. The minimum Gasteiger partial charge on any atom is -0.461 e. The molecule has 2 saturated heterocycles. The van der Waals surface area contributed by atoms with Gasteiger partial charge in [0.05, 0.1) is 29.9 Å². The van der Waals surface area contributed by atoms with Crippen molar-refractivity contribution in [3.05, 3.63) is 77.4 Å². The molecule has 392 valence electrons. The Labute approximate surface area is 421 Å². The lowest BCUT2D eigenvalue weighted by Gasteiger charge is -2.43. The van der Waals surface area contributed by atoms with Crippen LogP contribution in [0.2, 0.25) is 0 Å². The van der Waals surface area contributed by atoms with Crippen LogP contribution < -0.4 is 11.1 Å². The first-order valence-corrected chi connectivity index (χ1v) is 25.9. The van der Waals surface area contributed by atoms with Crippen LogP contribution in [0, 0.1) is 40.9 Å². The molecule has 3 aliphatic heterocycles. The molecule has 1 aliphatic carbocycles. The van der Waals surface area contributed by atoms with Crippen LogP contribution in [0.3, 0.4) is 0 Å². The summed E-state index contributed by atoms with van der Waals surface area (Å²) in [6.45, 7) is 11.3. The maximum Gasteiger partial charge on any atom is 0.329 e. The summed E-state index contributed by atoms with van der Waals surface area (Å²) < 4.78 is 23.9. The number of ketones is 2. The molecule has 71 heavy (non-hydrogen) atoms. The summed E-state index contributed by atoms with van der Waals surface area (Å²) in [7, 11) is 3.00. The first-order valence-electron chi connectivity index (χ1n) is 25.9. The van der Waals surface area contributed by atoms with Crippen molar-refractivity contribution in [1.82, 2.24) is 4.90 Å². The number of nitrogens with one attached hydrogen (secondary N) is 1. The number of carbonyl (C=O) groups is 4. The lowest BCUT2D eigenvalue weighted by Crippen LogP contribution is -2.61. The van der Waals surface area contributed by atoms with Crippen LogP contribution in [0.5, 0.6) is 0 Å². The molecule has 0 radical (unpaired) electrons. The highest BCUT2D eigenvalue weighted by molar-refractivity contribution is 6.39. The summed E-state index contributed by atoms with van der Waals surface area (Å²) in [5, 5.41) is 47.3. The van der Waals surface area contributed by atoms with E-state index in [2.05, 4.69) is 11.4 Å². The van der Waals surface area contributed by atoms with E-state index in [0.29, 0.717) is 87.5 Å². The normalized spacial score (nSPS) is 37.7. The van der Waals surface area contributed by atoms with Gasteiger partial charge in [0.1, 0.15) is 24.4 Å². The fourth-order valence-electron chi connectivity index (χ4n) is 10.9. The number of nitriles is 1. The number of aliphatic hydroxyl groups excluding tert-OH is 2. The second kappa shape index (κ2) is 27.0. The molecule has 3 heterocycles. The molecule has 1 saturated carbocycles. The number of anilines is 1. The first kappa shape index (κ1) is 57.4. The van der Waals surface area contributed by atoms with Crippen molar-refractivity contribution in [3.63, 3.8) is 0 Å². The molecule has 4 aliphatic rings. The SMILES string of the molecule is CO[C@@H]1CC(C[C@@H](C)[C@@H]2CC[C@H](N)/C=C(\C)[C@@H](O)[C@@H](OC)C(=O)[C@H](C)C[C@H](C)/C=C/C=C/C=C(\C)C(Nc3cccc(C#N)c3)C[C@@H]3CCC(C)[C@@](O)(O3)C(=O)C(=O)N3CCCC[C@H]3C(=O)O2)CC[C@H]1O. The van der Waals surface area contributed by atoms with Crippen molar-refractivity contribution >= 4 is 29.1 Å². The molecule has 1 aromatic rings. The number of esters is 1. The number of hydrogen-bond acceptors (Lipinski definition) is 14. The monoisotopic (exact) mass is 987 g/mol. The Balaban J connectivity index is 1.49. The number of ether oxygens (including phenoxy) is 4. The van der Waals surface area contributed by atoms with E-state index in [1.807, 2.05) is 64.1 Å². The van der Waals surface area contributed by atoms with Gasteiger partial charge in [-0.25, -0.2) is 4.79 Å². The number of cyclic esters (lactones) is 1. The van der Waals surface area contributed by atoms with Crippen molar-refractivity contribution in [1.29, 1.82) is 5.26 Å². The summed E-state index contributed by atoms with van der Waals surface area (Å²) >= 11 is 0. The Morgan fingerprint density at radius 1 is 0.930 bits per heavy atom. The number of rotatable bonds is 7. The van der Waals surface area contributed by atoms with Crippen LogP contribution in [0.15, 0.2) is 71.9 Å². The van der Waals surface area contributed by atoms with Crippen molar-refractivity contribution in [3.8, 4) is 6.07 Å². The molecule has 15 heteroatoms. The van der Waals surface area contributed by atoms with Gasteiger partial charge >= 0.3 is 5.97 Å². The molecule has 0 spiro atoms. The lowest BCUT2D eigenvalue weighted by molar-refractivity contribution is -0.263. The second-order valence-electron chi connectivity index (χ2n) is 21.0. The van der Waals surface area contributed by atoms with E-state index >= 15 is 0 Å². The maximum atomic E-state index is 14.5. The Kier molecular flexibility index (Phi) is 21.8. The van der Waals surface area contributed by atoms with E-state index in [0.717, 1.165) is 12.0 Å².